The molecule has 0 atom stereocenters. The van der Waals surface area contributed by atoms with Crippen molar-refractivity contribution in [2.45, 2.75) is 12.8 Å². The molecule has 0 amide bonds. The monoisotopic (exact) mass is 385 g/mol. The molecule has 0 spiro atoms. The largest absolute Gasteiger partial charge is 0.493 e. The van der Waals surface area contributed by atoms with Gasteiger partial charge < -0.3 is 29.6 Å². The van der Waals surface area contributed by atoms with Crippen molar-refractivity contribution in [3.05, 3.63) is 42.0 Å². The molecule has 2 aromatic rings. The smallest absolute Gasteiger partial charge is 0.195 e. The fraction of sp³-hybridized carbons (Fsp3) is 0.381. The maximum atomic E-state index is 5.74. The number of rotatable bonds is 6. The molecule has 150 valence electrons. The highest BCUT2D eigenvalue weighted by atomic mass is 16.5. The van der Waals surface area contributed by atoms with Crippen molar-refractivity contribution in [3.8, 4) is 23.0 Å². The minimum Gasteiger partial charge on any atom is -0.493 e. The minimum atomic E-state index is 0.661. The lowest BCUT2D eigenvalue weighted by Crippen LogP contribution is -2.32. The van der Waals surface area contributed by atoms with E-state index in [-0.39, 0.29) is 0 Å². The van der Waals surface area contributed by atoms with Gasteiger partial charge in [0.25, 0.3) is 0 Å². The Morgan fingerprint density at radius 3 is 2.54 bits per heavy atom. The standard InChI is InChI=1S/C21H27N3O4/c1-22-21(23-10-9-15-5-7-17(25-2)19(13-15)26-3)24-16-6-8-18-20(14-16)28-12-4-11-27-18/h5-8,13-14H,4,9-12H2,1-3H3,(H2,22,23,24). The van der Waals surface area contributed by atoms with Gasteiger partial charge in [-0.15, -0.1) is 0 Å². The first-order valence-corrected chi connectivity index (χ1v) is 9.31. The second-order valence-corrected chi connectivity index (χ2v) is 6.28. The molecule has 0 aliphatic carbocycles. The SMILES string of the molecule is CN=C(NCCc1ccc(OC)c(OC)c1)Nc1ccc2c(c1)OCCCO2. The summed E-state index contributed by atoms with van der Waals surface area (Å²) >= 11 is 0. The van der Waals surface area contributed by atoms with Crippen molar-refractivity contribution >= 4 is 11.6 Å². The molecule has 7 heteroatoms. The molecular formula is C21H27N3O4. The zero-order valence-electron chi connectivity index (χ0n) is 16.6. The van der Waals surface area contributed by atoms with Gasteiger partial charge in [-0.2, -0.15) is 0 Å². The summed E-state index contributed by atoms with van der Waals surface area (Å²) in [5, 5.41) is 6.60. The van der Waals surface area contributed by atoms with Crippen LogP contribution >= 0.6 is 0 Å². The fourth-order valence-corrected chi connectivity index (χ4v) is 2.92. The predicted octanol–water partition coefficient (Wildman–Crippen LogP) is 3.10. The first kappa shape index (κ1) is 19.7. The zero-order valence-corrected chi connectivity index (χ0v) is 16.6. The third-order valence-electron chi connectivity index (χ3n) is 4.39. The van der Waals surface area contributed by atoms with Gasteiger partial charge in [0, 0.05) is 31.8 Å². The van der Waals surface area contributed by atoms with Crippen molar-refractivity contribution in [2.75, 3.05) is 46.3 Å². The van der Waals surface area contributed by atoms with E-state index in [4.69, 9.17) is 18.9 Å². The van der Waals surface area contributed by atoms with E-state index in [0.29, 0.717) is 19.2 Å². The molecular weight excluding hydrogens is 358 g/mol. The van der Waals surface area contributed by atoms with E-state index < -0.39 is 0 Å². The van der Waals surface area contributed by atoms with Crippen LogP contribution in [-0.4, -0.2) is 47.0 Å². The molecule has 0 aromatic heterocycles. The lowest BCUT2D eigenvalue weighted by molar-refractivity contribution is 0.297. The molecule has 0 saturated heterocycles. The average Bonchev–Trinajstić information content (AvgIpc) is 2.97. The van der Waals surface area contributed by atoms with Crippen LogP contribution in [-0.2, 0) is 6.42 Å². The van der Waals surface area contributed by atoms with Crippen molar-refractivity contribution in [3.63, 3.8) is 0 Å². The number of nitrogens with one attached hydrogen (secondary N) is 2. The van der Waals surface area contributed by atoms with Gasteiger partial charge in [0.05, 0.1) is 27.4 Å². The van der Waals surface area contributed by atoms with Gasteiger partial charge in [-0.05, 0) is 36.2 Å². The van der Waals surface area contributed by atoms with E-state index in [1.165, 1.54) is 0 Å². The molecule has 1 aliphatic heterocycles. The summed E-state index contributed by atoms with van der Waals surface area (Å²) in [4.78, 5) is 4.28. The molecule has 2 aromatic carbocycles. The van der Waals surface area contributed by atoms with E-state index in [2.05, 4.69) is 15.6 Å². The highest BCUT2D eigenvalue weighted by Gasteiger charge is 2.11. The number of methoxy groups -OCH3 is 2. The van der Waals surface area contributed by atoms with Crippen LogP contribution in [0.1, 0.15) is 12.0 Å². The molecule has 1 heterocycles. The number of fused-ring (bicyclic) bond motifs is 1. The van der Waals surface area contributed by atoms with Gasteiger partial charge in [-0.3, -0.25) is 4.99 Å². The third-order valence-corrected chi connectivity index (χ3v) is 4.39. The number of anilines is 1. The number of guanidine groups is 1. The Balaban J connectivity index is 1.56. The van der Waals surface area contributed by atoms with Crippen LogP contribution in [0.15, 0.2) is 41.4 Å². The van der Waals surface area contributed by atoms with Gasteiger partial charge in [-0.1, -0.05) is 6.07 Å². The molecule has 7 nitrogen and oxygen atoms in total. The average molecular weight is 385 g/mol. The molecule has 0 bridgehead atoms. The Bertz CT molecular complexity index is 823. The van der Waals surface area contributed by atoms with Gasteiger partial charge in [0.15, 0.2) is 29.0 Å². The Hall–Kier alpha value is -3.09. The van der Waals surface area contributed by atoms with Crippen LogP contribution in [0.3, 0.4) is 0 Å². The van der Waals surface area contributed by atoms with Crippen LogP contribution in [0.2, 0.25) is 0 Å². The molecule has 0 unspecified atom stereocenters. The summed E-state index contributed by atoms with van der Waals surface area (Å²) in [6.07, 6.45) is 1.71. The Morgan fingerprint density at radius 1 is 1.00 bits per heavy atom. The number of ether oxygens (including phenoxy) is 4. The van der Waals surface area contributed by atoms with Crippen molar-refractivity contribution in [1.29, 1.82) is 0 Å². The number of benzene rings is 2. The summed E-state index contributed by atoms with van der Waals surface area (Å²) in [6, 6.07) is 11.7. The lowest BCUT2D eigenvalue weighted by atomic mass is 10.1. The van der Waals surface area contributed by atoms with Crippen LogP contribution in [0.4, 0.5) is 5.69 Å². The Kier molecular flexibility index (Phi) is 6.84. The summed E-state index contributed by atoms with van der Waals surface area (Å²) in [5.41, 5.74) is 2.04. The number of hydrogen-bond donors (Lipinski definition) is 2. The topological polar surface area (TPSA) is 73.3 Å². The third kappa shape index (κ3) is 5.00. The molecule has 0 radical (unpaired) electrons. The quantitative estimate of drug-likeness (QED) is 0.588. The number of hydrogen-bond acceptors (Lipinski definition) is 5. The second kappa shape index (κ2) is 9.73. The summed E-state index contributed by atoms with van der Waals surface area (Å²) in [6.45, 7) is 2.06. The summed E-state index contributed by atoms with van der Waals surface area (Å²) in [7, 11) is 5.02. The maximum Gasteiger partial charge on any atom is 0.195 e. The zero-order chi connectivity index (χ0) is 19.8. The number of nitrogens with zero attached hydrogens (tertiary/aromatic N) is 1. The van der Waals surface area contributed by atoms with E-state index in [1.807, 2.05) is 36.4 Å². The van der Waals surface area contributed by atoms with E-state index in [0.717, 1.165) is 53.6 Å². The molecule has 0 fully saturated rings. The summed E-state index contributed by atoms with van der Waals surface area (Å²) in [5.74, 6) is 3.68. The Morgan fingerprint density at radius 2 is 1.79 bits per heavy atom. The Labute approximate surface area is 165 Å². The molecule has 2 N–H and O–H groups in total. The second-order valence-electron chi connectivity index (χ2n) is 6.28. The molecule has 1 aliphatic rings. The van der Waals surface area contributed by atoms with Crippen LogP contribution in [0.5, 0.6) is 23.0 Å². The van der Waals surface area contributed by atoms with Crippen LogP contribution in [0, 0.1) is 0 Å². The predicted molar refractivity (Wildman–Crippen MR) is 110 cm³/mol. The van der Waals surface area contributed by atoms with E-state index >= 15 is 0 Å². The van der Waals surface area contributed by atoms with Crippen molar-refractivity contribution in [2.24, 2.45) is 4.99 Å². The van der Waals surface area contributed by atoms with Gasteiger partial charge in [-0.25, -0.2) is 0 Å². The molecule has 0 saturated carbocycles. The highest BCUT2D eigenvalue weighted by Crippen LogP contribution is 2.32. The van der Waals surface area contributed by atoms with E-state index in [9.17, 15) is 0 Å². The first-order chi connectivity index (χ1) is 13.7. The first-order valence-electron chi connectivity index (χ1n) is 9.31. The normalized spacial score (nSPS) is 13.5. The van der Waals surface area contributed by atoms with Crippen LogP contribution in [0.25, 0.3) is 0 Å². The number of aliphatic imine (C=N–C) groups is 1. The fourth-order valence-electron chi connectivity index (χ4n) is 2.92. The van der Waals surface area contributed by atoms with Gasteiger partial charge in [0.2, 0.25) is 0 Å². The molecule has 28 heavy (non-hydrogen) atoms. The van der Waals surface area contributed by atoms with Crippen LogP contribution < -0.4 is 29.6 Å². The maximum absolute atomic E-state index is 5.74. The summed E-state index contributed by atoms with van der Waals surface area (Å²) < 4.78 is 22.0. The van der Waals surface area contributed by atoms with Gasteiger partial charge in [0.1, 0.15) is 0 Å². The van der Waals surface area contributed by atoms with Crippen molar-refractivity contribution < 1.29 is 18.9 Å². The van der Waals surface area contributed by atoms with Gasteiger partial charge >= 0.3 is 0 Å². The molecule has 3 rings (SSSR count). The minimum absolute atomic E-state index is 0.661. The van der Waals surface area contributed by atoms with E-state index in [1.54, 1.807) is 21.3 Å². The van der Waals surface area contributed by atoms with Crippen molar-refractivity contribution in [1.82, 2.24) is 5.32 Å². The lowest BCUT2D eigenvalue weighted by Gasteiger charge is -2.14. The highest BCUT2D eigenvalue weighted by molar-refractivity contribution is 5.93.